The van der Waals surface area contributed by atoms with Crippen LogP contribution in [0, 0.1) is 6.92 Å². The molecule has 0 N–H and O–H groups in total. The first-order chi connectivity index (χ1) is 12.5. The molecular weight excluding hydrogens is 360 g/mol. The van der Waals surface area contributed by atoms with Crippen molar-refractivity contribution in [1.29, 1.82) is 0 Å². The molecule has 1 saturated heterocycles. The number of benzene rings is 2. The van der Waals surface area contributed by atoms with Crippen molar-refractivity contribution in [2.45, 2.75) is 20.8 Å². The Morgan fingerprint density at radius 3 is 2.23 bits per heavy atom. The van der Waals surface area contributed by atoms with Crippen LogP contribution in [0.4, 0.5) is 11.4 Å². The minimum Gasteiger partial charge on any atom is -0.372 e. The molecule has 1 amide bonds. The molecule has 0 bridgehead atoms. The van der Waals surface area contributed by atoms with Gasteiger partial charge in [-0.05, 0) is 56.7 Å². The third-order valence-electron chi connectivity index (χ3n) is 4.41. The highest BCUT2D eigenvalue weighted by molar-refractivity contribution is 8.27. The van der Waals surface area contributed by atoms with E-state index in [1.807, 2.05) is 61.5 Å². The summed E-state index contributed by atoms with van der Waals surface area (Å²) in [6, 6.07) is 16.1. The highest BCUT2D eigenvalue weighted by atomic mass is 32.2. The van der Waals surface area contributed by atoms with E-state index in [9.17, 15) is 4.79 Å². The molecule has 1 aliphatic heterocycles. The van der Waals surface area contributed by atoms with Gasteiger partial charge >= 0.3 is 0 Å². The molecule has 3 rings (SSSR count). The van der Waals surface area contributed by atoms with Crippen molar-refractivity contribution in [3.63, 3.8) is 0 Å². The van der Waals surface area contributed by atoms with Crippen molar-refractivity contribution in [3.8, 4) is 0 Å². The number of thiocarbonyl (C=S) groups is 1. The van der Waals surface area contributed by atoms with Crippen molar-refractivity contribution in [3.05, 3.63) is 64.6 Å². The first-order valence-corrected chi connectivity index (χ1v) is 9.95. The summed E-state index contributed by atoms with van der Waals surface area (Å²) in [5, 5.41) is 0. The normalized spacial score (nSPS) is 15.8. The molecule has 1 fully saturated rings. The number of hydrogen-bond acceptors (Lipinski definition) is 4. The maximum absolute atomic E-state index is 12.9. The fraction of sp³-hybridized carbons (Fsp3) is 0.238. The fourth-order valence-corrected chi connectivity index (χ4v) is 4.20. The van der Waals surface area contributed by atoms with Gasteiger partial charge < -0.3 is 4.90 Å². The van der Waals surface area contributed by atoms with Crippen LogP contribution in [0.15, 0.2) is 53.4 Å². The van der Waals surface area contributed by atoms with Gasteiger partial charge in [0, 0.05) is 18.8 Å². The number of thioether (sulfide) groups is 1. The molecule has 1 heterocycles. The average Bonchev–Trinajstić information content (AvgIpc) is 2.92. The zero-order valence-corrected chi connectivity index (χ0v) is 16.9. The highest BCUT2D eigenvalue weighted by Gasteiger charge is 2.33. The van der Waals surface area contributed by atoms with E-state index in [-0.39, 0.29) is 5.91 Å². The Hall–Kier alpha value is -2.11. The molecule has 0 spiro atoms. The number of carbonyl (C=O) groups excluding carboxylic acids is 1. The van der Waals surface area contributed by atoms with E-state index in [0.717, 1.165) is 30.0 Å². The van der Waals surface area contributed by atoms with Gasteiger partial charge in [-0.25, -0.2) is 0 Å². The van der Waals surface area contributed by atoms with Crippen molar-refractivity contribution in [2.24, 2.45) is 0 Å². The number of carbonyl (C=O) groups is 1. The summed E-state index contributed by atoms with van der Waals surface area (Å²) in [6.45, 7) is 8.22. The predicted octanol–water partition coefficient (Wildman–Crippen LogP) is 5.25. The van der Waals surface area contributed by atoms with Gasteiger partial charge in [0.25, 0.3) is 5.91 Å². The van der Waals surface area contributed by atoms with Crippen LogP contribution in [0.1, 0.15) is 25.0 Å². The number of aryl methyl sites for hydroxylation is 1. The molecular formula is C21H22N2OS2. The van der Waals surface area contributed by atoms with Crippen LogP contribution in [0.2, 0.25) is 0 Å². The third kappa shape index (κ3) is 3.84. The Labute approximate surface area is 164 Å². The number of rotatable bonds is 5. The number of nitrogens with zero attached hydrogens (tertiary/aromatic N) is 2. The van der Waals surface area contributed by atoms with Gasteiger partial charge in [0.2, 0.25) is 0 Å². The summed E-state index contributed by atoms with van der Waals surface area (Å²) >= 11 is 6.81. The van der Waals surface area contributed by atoms with Crippen LogP contribution < -0.4 is 9.80 Å². The Bertz CT molecular complexity index is 837. The molecule has 0 radical (unpaired) electrons. The second-order valence-electron chi connectivity index (χ2n) is 6.12. The van der Waals surface area contributed by atoms with Crippen LogP contribution in [-0.4, -0.2) is 23.3 Å². The van der Waals surface area contributed by atoms with Crippen molar-refractivity contribution in [1.82, 2.24) is 0 Å². The van der Waals surface area contributed by atoms with E-state index in [2.05, 4.69) is 18.7 Å². The Morgan fingerprint density at radius 1 is 1.04 bits per heavy atom. The monoisotopic (exact) mass is 382 g/mol. The molecule has 0 aromatic heterocycles. The molecule has 3 nitrogen and oxygen atoms in total. The van der Waals surface area contributed by atoms with E-state index in [1.54, 1.807) is 4.90 Å². The van der Waals surface area contributed by atoms with E-state index >= 15 is 0 Å². The zero-order chi connectivity index (χ0) is 18.7. The van der Waals surface area contributed by atoms with E-state index in [1.165, 1.54) is 17.3 Å². The van der Waals surface area contributed by atoms with Crippen LogP contribution in [-0.2, 0) is 4.79 Å². The Balaban J connectivity index is 1.84. The standard InChI is InChI=1S/C21H22N2OS2/c1-4-22(5-2)17-10-12-18(13-11-17)23-20(24)19(26-21(23)25)14-16-8-6-15(3)7-9-16/h6-14H,4-5H2,1-3H3/b19-14-. The zero-order valence-electron chi connectivity index (χ0n) is 15.2. The minimum atomic E-state index is -0.0591. The molecule has 0 saturated carbocycles. The minimum absolute atomic E-state index is 0.0591. The van der Waals surface area contributed by atoms with Gasteiger partial charge in [-0.3, -0.25) is 9.69 Å². The molecule has 2 aromatic carbocycles. The number of hydrogen-bond donors (Lipinski definition) is 0. The molecule has 26 heavy (non-hydrogen) atoms. The average molecular weight is 383 g/mol. The molecule has 0 aliphatic carbocycles. The SMILES string of the molecule is CCN(CC)c1ccc(N2C(=O)/C(=C/c3ccc(C)cc3)SC2=S)cc1. The first-order valence-electron chi connectivity index (χ1n) is 8.73. The van der Waals surface area contributed by atoms with E-state index in [4.69, 9.17) is 12.2 Å². The summed E-state index contributed by atoms with van der Waals surface area (Å²) < 4.78 is 0.573. The maximum atomic E-state index is 12.9. The summed E-state index contributed by atoms with van der Waals surface area (Å²) in [5.41, 5.74) is 4.17. The second-order valence-corrected chi connectivity index (χ2v) is 7.79. The van der Waals surface area contributed by atoms with Crippen LogP contribution in [0.25, 0.3) is 6.08 Å². The van der Waals surface area contributed by atoms with Gasteiger partial charge in [0.1, 0.15) is 0 Å². The largest absolute Gasteiger partial charge is 0.372 e. The fourth-order valence-electron chi connectivity index (χ4n) is 2.91. The Kier molecular flexibility index (Phi) is 5.79. The summed E-state index contributed by atoms with van der Waals surface area (Å²) in [6.07, 6.45) is 1.91. The lowest BCUT2D eigenvalue weighted by Crippen LogP contribution is -2.27. The topological polar surface area (TPSA) is 23.6 Å². The van der Waals surface area contributed by atoms with E-state index < -0.39 is 0 Å². The van der Waals surface area contributed by atoms with Gasteiger partial charge in [-0.15, -0.1) is 0 Å². The molecule has 5 heteroatoms. The van der Waals surface area contributed by atoms with Crippen LogP contribution in [0.3, 0.4) is 0 Å². The lowest BCUT2D eigenvalue weighted by Gasteiger charge is -2.22. The van der Waals surface area contributed by atoms with Crippen molar-refractivity contribution < 1.29 is 4.79 Å². The molecule has 1 aliphatic rings. The summed E-state index contributed by atoms with van der Waals surface area (Å²) in [5.74, 6) is -0.0591. The van der Waals surface area contributed by atoms with Gasteiger partial charge in [0.15, 0.2) is 4.32 Å². The smallest absolute Gasteiger partial charge is 0.270 e. The number of anilines is 2. The highest BCUT2D eigenvalue weighted by Crippen LogP contribution is 2.36. The van der Waals surface area contributed by atoms with Gasteiger partial charge in [-0.1, -0.05) is 53.8 Å². The van der Waals surface area contributed by atoms with E-state index in [0.29, 0.717) is 9.23 Å². The summed E-state index contributed by atoms with van der Waals surface area (Å²) in [4.78, 5) is 17.4. The molecule has 0 unspecified atom stereocenters. The second kappa shape index (κ2) is 8.06. The molecule has 2 aromatic rings. The van der Waals surface area contributed by atoms with Crippen LogP contribution in [0.5, 0.6) is 0 Å². The van der Waals surface area contributed by atoms with Crippen molar-refractivity contribution in [2.75, 3.05) is 22.9 Å². The first kappa shape index (κ1) is 18.7. The van der Waals surface area contributed by atoms with Crippen LogP contribution >= 0.6 is 24.0 Å². The number of amides is 1. The Morgan fingerprint density at radius 2 is 1.65 bits per heavy atom. The maximum Gasteiger partial charge on any atom is 0.270 e. The third-order valence-corrected chi connectivity index (χ3v) is 5.71. The molecule has 134 valence electrons. The van der Waals surface area contributed by atoms with Crippen molar-refractivity contribution >= 4 is 51.7 Å². The lowest BCUT2D eigenvalue weighted by atomic mass is 10.1. The van der Waals surface area contributed by atoms with Gasteiger partial charge in [0.05, 0.1) is 10.6 Å². The molecule has 0 atom stereocenters. The lowest BCUT2D eigenvalue weighted by molar-refractivity contribution is -0.113. The summed E-state index contributed by atoms with van der Waals surface area (Å²) in [7, 11) is 0. The van der Waals surface area contributed by atoms with Gasteiger partial charge in [-0.2, -0.15) is 0 Å². The predicted molar refractivity (Wildman–Crippen MR) is 117 cm³/mol. The quantitative estimate of drug-likeness (QED) is 0.521.